The van der Waals surface area contributed by atoms with Gasteiger partial charge in [-0.25, -0.2) is 9.97 Å². The fourth-order valence-corrected chi connectivity index (χ4v) is 5.33. The number of allylic oxidation sites excluding steroid dienone is 1. The molecule has 2 heterocycles. The van der Waals surface area contributed by atoms with Crippen molar-refractivity contribution in [2.24, 2.45) is 5.92 Å². The zero-order chi connectivity index (χ0) is 17.9. The van der Waals surface area contributed by atoms with Crippen molar-refractivity contribution in [3.8, 4) is 0 Å². The Labute approximate surface area is 158 Å². The third-order valence-electron chi connectivity index (χ3n) is 5.65. The molecule has 0 unspecified atom stereocenters. The predicted octanol–water partition coefficient (Wildman–Crippen LogP) is 4.86. The number of nitrogens with zero attached hydrogens (tertiary/aromatic N) is 2. The van der Waals surface area contributed by atoms with Crippen LogP contribution in [0.5, 0.6) is 0 Å². The SMILES string of the molecule is O=C(O)CCC[C@H]1CC[C@H](Nc2ncnc3c2C2=C=C(CCC2)S3)CC1. The number of aliphatic carboxylic acids is 1. The van der Waals surface area contributed by atoms with Crippen molar-refractivity contribution in [1.82, 2.24) is 9.97 Å². The summed E-state index contributed by atoms with van der Waals surface area (Å²) in [6.07, 6.45) is 11.8. The number of fused-ring (bicyclic) bond motifs is 2. The van der Waals surface area contributed by atoms with E-state index in [0.717, 1.165) is 49.4 Å². The summed E-state index contributed by atoms with van der Waals surface area (Å²) < 4.78 is 0. The van der Waals surface area contributed by atoms with E-state index in [1.807, 2.05) is 0 Å². The lowest BCUT2D eigenvalue weighted by Crippen LogP contribution is -2.27. The fourth-order valence-electron chi connectivity index (χ4n) is 4.26. The Morgan fingerprint density at radius 2 is 2.12 bits per heavy atom. The van der Waals surface area contributed by atoms with Crippen molar-refractivity contribution in [3.05, 3.63) is 22.5 Å². The van der Waals surface area contributed by atoms with Crippen molar-refractivity contribution in [1.29, 1.82) is 0 Å². The lowest BCUT2D eigenvalue weighted by Gasteiger charge is -2.31. The molecule has 0 saturated heterocycles. The lowest BCUT2D eigenvalue weighted by molar-refractivity contribution is -0.137. The molecule has 1 fully saturated rings. The molecule has 1 saturated carbocycles. The Bertz CT molecular complexity index is 762. The number of carbonyl (C=O) groups is 1. The van der Waals surface area contributed by atoms with Crippen LogP contribution in [0.1, 0.15) is 69.8 Å². The van der Waals surface area contributed by atoms with Crippen LogP contribution in [0, 0.1) is 5.92 Å². The van der Waals surface area contributed by atoms with Gasteiger partial charge < -0.3 is 10.4 Å². The van der Waals surface area contributed by atoms with E-state index in [-0.39, 0.29) is 0 Å². The topological polar surface area (TPSA) is 75.1 Å². The number of thioether (sulfide) groups is 1. The summed E-state index contributed by atoms with van der Waals surface area (Å²) in [5, 5.41) is 13.5. The molecule has 5 nitrogen and oxygen atoms in total. The number of hydrogen-bond acceptors (Lipinski definition) is 5. The molecule has 0 atom stereocenters. The highest BCUT2D eigenvalue weighted by Gasteiger charge is 2.27. The van der Waals surface area contributed by atoms with E-state index in [0.29, 0.717) is 18.4 Å². The second-order valence-corrected chi connectivity index (χ2v) is 8.62. The smallest absolute Gasteiger partial charge is 0.303 e. The van der Waals surface area contributed by atoms with Gasteiger partial charge in [-0.3, -0.25) is 4.79 Å². The first-order valence-electron chi connectivity index (χ1n) is 9.69. The molecule has 0 amide bonds. The van der Waals surface area contributed by atoms with Crippen LogP contribution in [-0.4, -0.2) is 27.1 Å². The molecule has 1 aromatic rings. The van der Waals surface area contributed by atoms with Crippen LogP contribution in [-0.2, 0) is 4.79 Å². The maximum absolute atomic E-state index is 10.7. The molecule has 0 spiro atoms. The summed E-state index contributed by atoms with van der Waals surface area (Å²) in [5.41, 5.74) is 5.99. The van der Waals surface area contributed by atoms with Crippen molar-refractivity contribution in [2.45, 2.75) is 75.3 Å². The fraction of sp³-hybridized carbons (Fsp3) is 0.600. The van der Waals surface area contributed by atoms with Gasteiger partial charge in [0.05, 0.1) is 5.56 Å². The van der Waals surface area contributed by atoms with Gasteiger partial charge in [-0.1, -0.05) is 11.8 Å². The highest BCUT2D eigenvalue weighted by Crippen LogP contribution is 2.45. The summed E-state index contributed by atoms with van der Waals surface area (Å²) in [6.45, 7) is 0. The van der Waals surface area contributed by atoms with E-state index in [1.54, 1.807) is 18.1 Å². The zero-order valence-corrected chi connectivity index (χ0v) is 15.8. The molecule has 0 radical (unpaired) electrons. The highest BCUT2D eigenvalue weighted by molar-refractivity contribution is 8.03. The molecule has 3 aliphatic rings. The summed E-state index contributed by atoms with van der Waals surface area (Å²) in [6, 6.07) is 0.448. The Hall–Kier alpha value is -1.78. The molecule has 1 aliphatic heterocycles. The summed E-state index contributed by atoms with van der Waals surface area (Å²) in [4.78, 5) is 21.0. The Morgan fingerprint density at radius 1 is 1.27 bits per heavy atom. The summed E-state index contributed by atoms with van der Waals surface area (Å²) >= 11 is 1.75. The minimum absolute atomic E-state index is 0.299. The van der Waals surface area contributed by atoms with E-state index >= 15 is 0 Å². The Balaban J connectivity index is 1.38. The third-order valence-corrected chi connectivity index (χ3v) is 6.70. The van der Waals surface area contributed by atoms with Gasteiger partial charge in [0.2, 0.25) is 0 Å². The molecule has 26 heavy (non-hydrogen) atoms. The van der Waals surface area contributed by atoms with Crippen molar-refractivity contribution in [2.75, 3.05) is 5.32 Å². The van der Waals surface area contributed by atoms with E-state index in [9.17, 15) is 4.79 Å². The molecule has 2 N–H and O–H groups in total. The van der Waals surface area contributed by atoms with Crippen LogP contribution in [0.3, 0.4) is 0 Å². The molecule has 4 rings (SSSR count). The van der Waals surface area contributed by atoms with E-state index in [2.05, 4.69) is 21.0 Å². The second kappa shape index (κ2) is 7.85. The summed E-state index contributed by atoms with van der Waals surface area (Å²) in [5.74, 6) is 0.968. The average Bonchev–Trinajstić information content (AvgIpc) is 2.63. The molecule has 0 aromatic carbocycles. The largest absolute Gasteiger partial charge is 0.481 e. The number of aromatic nitrogens is 2. The molecular weight excluding hydrogens is 346 g/mol. The van der Waals surface area contributed by atoms with Gasteiger partial charge in [-0.2, -0.15) is 0 Å². The van der Waals surface area contributed by atoms with Crippen LogP contribution in [0.2, 0.25) is 0 Å². The first-order valence-corrected chi connectivity index (χ1v) is 10.5. The van der Waals surface area contributed by atoms with Gasteiger partial charge in [-0.15, -0.1) is 5.73 Å². The first kappa shape index (κ1) is 17.6. The maximum atomic E-state index is 10.7. The van der Waals surface area contributed by atoms with Gasteiger partial charge in [0, 0.05) is 22.9 Å². The zero-order valence-electron chi connectivity index (χ0n) is 15.0. The quantitative estimate of drug-likeness (QED) is 0.549. The molecule has 6 heteroatoms. The third kappa shape index (κ3) is 3.97. The van der Waals surface area contributed by atoms with Crippen LogP contribution in [0.25, 0.3) is 5.57 Å². The second-order valence-electron chi connectivity index (χ2n) is 7.53. The minimum Gasteiger partial charge on any atom is -0.481 e. The van der Waals surface area contributed by atoms with Crippen LogP contribution >= 0.6 is 11.8 Å². The predicted molar refractivity (Wildman–Crippen MR) is 103 cm³/mol. The van der Waals surface area contributed by atoms with Gasteiger partial charge in [0.15, 0.2) is 0 Å². The van der Waals surface area contributed by atoms with E-state index in [4.69, 9.17) is 5.11 Å². The average molecular weight is 372 g/mol. The van der Waals surface area contributed by atoms with Crippen LogP contribution in [0.15, 0.2) is 22.0 Å². The maximum Gasteiger partial charge on any atom is 0.303 e. The molecule has 138 valence electrons. The Morgan fingerprint density at radius 3 is 2.92 bits per heavy atom. The number of anilines is 1. The van der Waals surface area contributed by atoms with Gasteiger partial charge in [-0.05, 0) is 63.7 Å². The van der Waals surface area contributed by atoms with E-state index < -0.39 is 5.97 Å². The highest BCUT2D eigenvalue weighted by atomic mass is 32.2. The van der Waals surface area contributed by atoms with Crippen LogP contribution < -0.4 is 5.32 Å². The number of carboxylic acid groups (broad SMARTS) is 1. The summed E-state index contributed by atoms with van der Waals surface area (Å²) in [7, 11) is 0. The van der Waals surface area contributed by atoms with Gasteiger partial charge in [0.25, 0.3) is 0 Å². The Kier molecular flexibility index (Phi) is 5.32. The monoisotopic (exact) mass is 371 g/mol. The number of rotatable bonds is 6. The first-order chi connectivity index (χ1) is 12.7. The van der Waals surface area contributed by atoms with Crippen molar-refractivity contribution in [3.63, 3.8) is 0 Å². The van der Waals surface area contributed by atoms with Crippen molar-refractivity contribution < 1.29 is 9.90 Å². The molecule has 2 bridgehead atoms. The van der Waals surface area contributed by atoms with Crippen LogP contribution in [0.4, 0.5) is 5.82 Å². The number of nitrogens with one attached hydrogen (secondary N) is 1. The molecule has 1 aromatic heterocycles. The van der Waals surface area contributed by atoms with E-state index in [1.165, 1.54) is 35.3 Å². The normalized spacial score (nSPS) is 24.3. The standard InChI is InChI=1S/C20H25N3O2S/c24-17(25)6-1-3-13-7-9-15(10-8-13)23-19-18-14-4-2-5-16(11-14)26-20(18)22-12-21-19/h12-13,15H,1-10H2,(H,24,25)(H,21,22,23)/t13-,15-. The molecular formula is C20H25N3O2S. The lowest BCUT2D eigenvalue weighted by atomic mass is 9.83. The van der Waals surface area contributed by atoms with Crippen molar-refractivity contribution >= 4 is 29.1 Å². The molecule has 2 aliphatic carbocycles. The number of carboxylic acids is 1. The minimum atomic E-state index is -0.680. The van der Waals surface area contributed by atoms with Gasteiger partial charge >= 0.3 is 5.97 Å². The number of hydrogen-bond donors (Lipinski definition) is 2. The van der Waals surface area contributed by atoms with Gasteiger partial charge in [0.1, 0.15) is 17.2 Å².